The number of aromatic nitrogens is 2. The summed E-state index contributed by atoms with van der Waals surface area (Å²) in [5.41, 5.74) is 1.83. The number of halogens is 3. The van der Waals surface area contributed by atoms with Crippen molar-refractivity contribution in [3.8, 4) is 17.0 Å². The number of alkyl halides is 3. The van der Waals surface area contributed by atoms with Gasteiger partial charge < -0.3 is 25.0 Å². The number of rotatable bonds is 7. The van der Waals surface area contributed by atoms with Gasteiger partial charge in [0.2, 0.25) is 5.88 Å². The Bertz CT molecular complexity index is 1320. The van der Waals surface area contributed by atoms with Crippen LogP contribution in [-0.4, -0.2) is 61.4 Å². The van der Waals surface area contributed by atoms with Crippen LogP contribution in [0.3, 0.4) is 0 Å². The molecule has 11 heteroatoms. The van der Waals surface area contributed by atoms with E-state index in [1.807, 2.05) is 25.1 Å². The number of carbonyl (C=O) groups excluding carboxylic acids is 1. The first-order chi connectivity index (χ1) is 18.8. The minimum Gasteiger partial charge on any atom is -0.476 e. The average molecular weight is 542 g/mol. The lowest BCUT2D eigenvalue weighted by atomic mass is 10.00. The van der Waals surface area contributed by atoms with Gasteiger partial charge in [0.1, 0.15) is 18.1 Å². The fourth-order valence-corrected chi connectivity index (χ4v) is 4.70. The molecule has 39 heavy (non-hydrogen) atoms. The van der Waals surface area contributed by atoms with E-state index in [0.717, 1.165) is 60.2 Å². The molecular weight excluding hydrogens is 511 g/mol. The van der Waals surface area contributed by atoms with E-state index in [1.165, 1.54) is 0 Å². The number of nitrogens with zero attached hydrogens (tertiary/aromatic N) is 3. The smallest absolute Gasteiger partial charge is 0.416 e. The Morgan fingerprint density at radius 3 is 2.74 bits per heavy atom. The lowest BCUT2D eigenvalue weighted by Crippen LogP contribution is -2.36. The molecule has 2 saturated heterocycles. The molecule has 1 aromatic carbocycles. The molecular formula is C28H30F3N5O3. The van der Waals surface area contributed by atoms with Crippen LogP contribution in [-0.2, 0) is 10.9 Å². The molecule has 0 radical (unpaired) electrons. The SMILES string of the molecule is Cc1ccc(NC(=O)c2cc(C(F)(F)F)ccn2)cc1-c1cc(OC[C@@H]2CCCN2)nc(N2CCOCC2)c1. The number of benzene rings is 1. The Balaban J connectivity index is 1.42. The highest BCUT2D eigenvalue weighted by Crippen LogP contribution is 2.33. The lowest BCUT2D eigenvalue weighted by Gasteiger charge is -2.28. The molecule has 2 aliphatic heterocycles. The molecule has 5 rings (SSSR count). The number of morpholine rings is 1. The van der Waals surface area contributed by atoms with Gasteiger partial charge in [-0.3, -0.25) is 9.78 Å². The van der Waals surface area contributed by atoms with Gasteiger partial charge in [0.05, 0.1) is 18.8 Å². The first-order valence-corrected chi connectivity index (χ1v) is 12.9. The lowest BCUT2D eigenvalue weighted by molar-refractivity contribution is -0.137. The van der Waals surface area contributed by atoms with Crippen LogP contribution in [0.25, 0.3) is 11.1 Å². The van der Waals surface area contributed by atoms with Gasteiger partial charge in [-0.05, 0) is 73.3 Å². The summed E-state index contributed by atoms with van der Waals surface area (Å²) in [6.07, 6.45) is -1.42. The molecule has 2 fully saturated rings. The summed E-state index contributed by atoms with van der Waals surface area (Å²) in [6, 6.07) is 11.1. The topological polar surface area (TPSA) is 88.6 Å². The molecule has 206 valence electrons. The molecule has 0 bridgehead atoms. The van der Waals surface area contributed by atoms with E-state index < -0.39 is 17.6 Å². The number of ether oxygens (including phenoxy) is 2. The van der Waals surface area contributed by atoms with Gasteiger partial charge in [0, 0.05) is 37.1 Å². The summed E-state index contributed by atoms with van der Waals surface area (Å²) < 4.78 is 50.9. The molecule has 2 N–H and O–H groups in total. The van der Waals surface area contributed by atoms with E-state index in [0.29, 0.717) is 44.5 Å². The van der Waals surface area contributed by atoms with Crippen LogP contribution in [0.2, 0.25) is 0 Å². The number of hydrogen-bond acceptors (Lipinski definition) is 7. The largest absolute Gasteiger partial charge is 0.476 e. The Kier molecular flexibility index (Phi) is 7.99. The molecule has 3 aromatic rings. The van der Waals surface area contributed by atoms with Crippen molar-refractivity contribution in [1.29, 1.82) is 0 Å². The fourth-order valence-electron chi connectivity index (χ4n) is 4.70. The van der Waals surface area contributed by atoms with Gasteiger partial charge in [0.15, 0.2) is 0 Å². The predicted molar refractivity (Wildman–Crippen MR) is 141 cm³/mol. The number of aryl methyl sites for hydroxylation is 1. The van der Waals surface area contributed by atoms with Crippen LogP contribution in [0.15, 0.2) is 48.7 Å². The van der Waals surface area contributed by atoms with E-state index in [2.05, 4.69) is 20.5 Å². The van der Waals surface area contributed by atoms with Gasteiger partial charge in [-0.2, -0.15) is 18.2 Å². The van der Waals surface area contributed by atoms with Crippen molar-refractivity contribution < 1.29 is 27.4 Å². The maximum atomic E-state index is 13.1. The third-order valence-electron chi connectivity index (χ3n) is 6.84. The average Bonchev–Trinajstić information content (AvgIpc) is 3.47. The summed E-state index contributed by atoms with van der Waals surface area (Å²) in [5.74, 6) is 0.546. The first kappa shape index (κ1) is 26.9. The van der Waals surface area contributed by atoms with E-state index in [9.17, 15) is 18.0 Å². The maximum Gasteiger partial charge on any atom is 0.416 e. The molecule has 0 spiro atoms. The normalized spacial score (nSPS) is 17.7. The molecule has 0 aliphatic carbocycles. The molecule has 2 aliphatic rings. The molecule has 2 aromatic heterocycles. The summed E-state index contributed by atoms with van der Waals surface area (Å²) in [5, 5.41) is 6.10. The molecule has 1 amide bonds. The van der Waals surface area contributed by atoms with Gasteiger partial charge in [-0.25, -0.2) is 0 Å². The minimum absolute atomic E-state index is 0.284. The first-order valence-electron chi connectivity index (χ1n) is 12.9. The zero-order valence-electron chi connectivity index (χ0n) is 21.6. The fraction of sp³-hybridized carbons (Fsp3) is 0.393. The van der Waals surface area contributed by atoms with Gasteiger partial charge in [-0.1, -0.05) is 6.07 Å². The predicted octanol–water partition coefficient (Wildman–Crippen LogP) is 4.69. The van der Waals surface area contributed by atoms with Crippen LogP contribution >= 0.6 is 0 Å². The Labute approximate surface area is 224 Å². The summed E-state index contributed by atoms with van der Waals surface area (Å²) in [7, 11) is 0. The number of amides is 1. The monoisotopic (exact) mass is 541 g/mol. The highest BCUT2D eigenvalue weighted by molar-refractivity contribution is 6.03. The van der Waals surface area contributed by atoms with Gasteiger partial charge in [0.25, 0.3) is 5.91 Å². The van der Waals surface area contributed by atoms with Crippen LogP contribution in [0.5, 0.6) is 5.88 Å². The van der Waals surface area contributed by atoms with Crippen LogP contribution < -0.4 is 20.3 Å². The zero-order valence-corrected chi connectivity index (χ0v) is 21.6. The highest BCUT2D eigenvalue weighted by Gasteiger charge is 2.31. The van der Waals surface area contributed by atoms with Crippen molar-refractivity contribution >= 4 is 17.4 Å². The standard InChI is InChI=1S/C28H30F3N5O3/c1-18-4-5-21(34-27(37)24-15-20(6-8-33-24)28(29,30)31)16-23(18)19-13-25(36-9-11-38-12-10-36)35-26(14-19)39-17-22-3-2-7-32-22/h4-6,8,13-16,22,32H,2-3,7,9-12,17H2,1H3,(H,34,37)/t22-/m0/s1. The van der Waals surface area contributed by atoms with Crippen molar-refractivity contribution in [3.63, 3.8) is 0 Å². The van der Waals surface area contributed by atoms with Crippen LogP contribution in [0.1, 0.15) is 34.5 Å². The van der Waals surface area contributed by atoms with E-state index in [4.69, 9.17) is 14.5 Å². The van der Waals surface area contributed by atoms with Crippen molar-refractivity contribution in [3.05, 3.63) is 65.5 Å². The Morgan fingerprint density at radius 1 is 1.18 bits per heavy atom. The zero-order chi connectivity index (χ0) is 27.4. The highest BCUT2D eigenvalue weighted by atomic mass is 19.4. The Hall–Kier alpha value is -3.70. The van der Waals surface area contributed by atoms with Crippen LogP contribution in [0, 0.1) is 6.92 Å². The van der Waals surface area contributed by atoms with Crippen LogP contribution in [0.4, 0.5) is 24.7 Å². The van der Waals surface area contributed by atoms with Gasteiger partial charge >= 0.3 is 6.18 Å². The van der Waals surface area contributed by atoms with E-state index >= 15 is 0 Å². The minimum atomic E-state index is -4.57. The second kappa shape index (κ2) is 11.6. The third kappa shape index (κ3) is 6.66. The number of hydrogen-bond donors (Lipinski definition) is 2. The molecule has 0 saturated carbocycles. The molecule has 0 unspecified atom stereocenters. The van der Waals surface area contributed by atoms with Crippen molar-refractivity contribution in [2.24, 2.45) is 0 Å². The Morgan fingerprint density at radius 2 is 2.00 bits per heavy atom. The molecule has 4 heterocycles. The second-order valence-electron chi connectivity index (χ2n) is 9.67. The summed E-state index contributed by atoms with van der Waals surface area (Å²) in [6.45, 7) is 6.08. The quantitative estimate of drug-likeness (QED) is 0.449. The molecule has 8 nitrogen and oxygen atoms in total. The number of pyridine rings is 2. The van der Waals surface area contributed by atoms with Crippen molar-refractivity contribution in [2.75, 3.05) is 49.7 Å². The number of nitrogens with one attached hydrogen (secondary N) is 2. The maximum absolute atomic E-state index is 13.1. The third-order valence-corrected chi connectivity index (χ3v) is 6.84. The molecule has 1 atom stereocenters. The number of carbonyl (C=O) groups is 1. The van der Waals surface area contributed by atoms with Crippen molar-refractivity contribution in [2.45, 2.75) is 32.0 Å². The van der Waals surface area contributed by atoms with Crippen molar-refractivity contribution in [1.82, 2.24) is 15.3 Å². The van der Waals surface area contributed by atoms with E-state index in [-0.39, 0.29) is 11.7 Å². The number of anilines is 2. The van der Waals surface area contributed by atoms with Gasteiger partial charge in [-0.15, -0.1) is 0 Å². The summed E-state index contributed by atoms with van der Waals surface area (Å²) in [4.78, 5) is 23.5. The second-order valence-corrected chi connectivity index (χ2v) is 9.67. The van der Waals surface area contributed by atoms with E-state index in [1.54, 1.807) is 12.1 Å². The summed E-state index contributed by atoms with van der Waals surface area (Å²) >= 11 is 0.